The first-order chi connectivity index (χ1) is 12.3. The van der Waals surface area contributed by atoms with Gasteiger partial charge in [-0.1, -0.05) is 19.1 Å². The zero-order valence-electron chi connectivity index (χ0n) is 15.2. The molecule has 0 heterocycles. The average molecular weight is 376 g/mol. The van der Waals surface area contributed by atoms with Crippen LogP contribution in [0.1, 0.15) is 25.8 Å². The fourth-order valence-electron chi connectivity index (χ4n) is 2.21. The first-order valence-electron chi connectivity index (χ1n) is 8.42. The van der Waals surface area contributed by atoms with Crippen LogP contribution in [0.15, 0.2) is 53.4 Å². The maximum atomic E-state index is 12.4. The van der Waals surface area contributed by atoms with E-state index >= 15 is 0 Å². The minimum absolute atomic E-state index is 0.0892. The first-order valence-corrected chi connectivity index (χ1v) is 9.90. The van der Waals surface area contributed by atoms with Crippen LogP contribution in [0.2, 0.25) is 0 Å². The summed E-state index contributed by atoms with van der Waals surface area (Å²) in [5.41, 5.74) is 1.47. The number of carbonyl (C=O) groups is 1. The van der Waals surface area contributed by atoms with E-state index in [-0.39, 0.29) is 23.5 Å². The van der Waals surface area contributed by atoms with E-state index in [4.69, 9.17) is 4.74 Å². The van der Waals surface area contributed by atoms with Crippen LogP contribution in [0.25, 0.3) is 0 Å². The van der Waals surface area contributed by atoms with Crippen molar-refractivity contribution in [3.05, 3.63) is 54.1 Å². The van der Waals surface area contributed by atoms with E-state index in [0.29, 0.717) is 11.4 Å². The normalized spacial score (nSPS) is 12.3. The van der Waals surface area contributed by atoms with E-state index in [9.17, 15) is 13.2 Å². The second kappa shape index (κ2) is 8.71. The van der Waals surface area contributed by atoms with Crippen LogP contribution in [-0.2, 0) is 14.8 Å². The highest BCUT2D eigenvalue weighted by molar-refractivity contribution is 7.92. The van der Waals surface area contributed by atoms with E-state index in [0.717, 1.165) is 12.0 Å². The molecule has 2 rings (SSSR count). The summed E-state index contributed by atoms with van der Waals surface area (Å²) >= 11 is 0. The third-order valence-corrected chi connectivity index (χ3v) is 5.19. The number of carbonyl (C=O) groups excluding carboxylic acids is 1. The molecule has 0 unspecified atom stereocenters. The largest absolute Gasteiger partial charge is 0.484 e. The van der Waals surface area contributed by atoms with Crippen molar-refractivity contribution in [2.45, 2.75) is 38.1 Å². The minimum atomic E-state index is -3.68. The number of benzene rings is 2. The van der Waals surface area contributed by atoms with Crippen molar-refractivity contribution >= 4 is 21.6 Å². The Morgan fingerprint density at radius 3 is 2.46 bits per heavy atom. The molecule has 1 atom stereocenters. The topological polar surface area (TPSA) is 84.5 Å². The lowest BCUT2D eigenvalue weighted by Gasteiger charge is -2.12. The molecule has 0 aliphatic carbocycles. The number of hydrogen-bond donors (Lipinski definition) is 2. The molecule has 0 radical (unpaired) electrons. The van der Waals surface area contributed by atoms with Gasteiger partial charge in [0, 0.05) is 11.7 Å². The van der Waals surface area contributed by atoms with Gasteiger partial charge >= 0.3 is 0 Å². The van der Waals surface area contributed by atoms with Gasteiger partial charge in [0.2, 0.25) is 0 Å². The fourth-order valence-corrected chi connectivity index (χ4v) is 3.25. The third-order valence-electron chi connectivity index (χ3n) is 3.79. The van der Waals surface area contributed by atoms with Crippen LogP contribution < -0.4 is 14.8 Å². The molecule has 0 aromatic heterocycles. The fraction of sp³-hybridized carbons (Fsp3) is 0.316. The first kappa shape index (κ1) is 19.8. The molecular formula is C19H24N2O4S. The van der Waals surface area contributed by atoms with Crippen molar-refractivity contribution < 1.29 is 17.9 Å². The maximum Gasteiger partial charge on any atom is 0.261 e. The van der Waals surface area contributed by atoms with E-state index < -0.39 is 10.0 Å². The number of sulfonamides is 1. The molecule has 0 bridgehead atoms. The van der Waals surface area contributed by atoms with Crippen LogP contribution in [-0.4, -0.2) is 27.0 Å². The van der Waals surface area contributed by atoms with Crippen LogP contribution in [0, 0.1) is 6.92 Å². The number of anilines is 1. The summed E-state index contributed by atoms with van der Waals surface area (Å²) in [5.74, 6) is 0.218. The molecule has 2 N–H and O–H groups in total. The Morgan fingerprint density at radius 1 is 1.15 bits per heavy atom. The lowest BCUT2D eigenvalue weighted by molar-refractivity contribution is -0.123. The average Bonchev–Trinajstić information content (AvgIpc) is 2.60. The molecular weight excluding hydrogens is 352 g/mol. The van der Waals surface area contributed by atoms with Gasteiger partial charge in [-0.3, -0.25) is 9.52 Å². The quantitative estimate of drug-likeness (QED) is 0.741. The Bertz CT molecular complexity index is 848. The zero-order chi connectivity index (χ0) is 19.2. The predicted molar refractivity (Wildman–Crippen MR) is 102 cm³/mol. The van der Waals surface area contributed by atoms with Gasteiger partial charge in [0.05, 0.1) is 4.90 Å². The monoisotopic (exact) mass is 376 g/mol. The standard InChI is InChI=1S/C19H24N2O4S/c1-4-15(3)20-19(22)13-25-17-8-10-18(11-9-17)26(23,24)21-16-7-5-6-14(2)12-16/h5-12,15,21H,4,13H2,1-3H3,(H,20,22)/t15-/m1/s1. The van der Waals surface area contributed by atoms with Crippen molar-refractivity contribution in [1.82, 2.24) is 5.32 Å². The summed E-state index contributed by atoms with van der Waals surface area (Å²) in [4.78, 5) is 11.8. The second-order valence-corrected chi connectivity index (χ2v) is 7.79. The van der Waals surface area contributed by atoms with Crippen molar-refractivity contribution in [2.24, 2.45) is 0 Å². The number of ether oxygens (including phenoxy) is 1. The van der Waals surface area contributed by atoms with Gasteiger partial charge in [0.1, 0.15) is 5.75 Å². The number of amides is 1. The molecule has 0 saturated carbocycles. The summed E-state index contributed by atoms with van der Waals surface area (Å²) < 4.78 is 32.8. The van der Waals surface area contributed by atoms with Crippen molar-refractivity contribution in [1.29, 1.82) is 0 Å². The van der Waals surface area contributed by atoms with Gasteiger partial charge < -0.3 is 10.1 Å². The van der Waals surface area contributed by atoms with Crippen LogP contribution in [0.3, 0.4) is 0 Å². The van der Waals surface area contributed by atoms with E-state index in [1.165, 1.54) is 24.3 Å². The van der Waals surface area contributed by atoms with Gasteiger partial charge in [0.15, 0.2) is 6.61 Å². The lowest BCUT2D eigenvalue weighted by Crippen LogP contribution is -2.35. The smallest absolute Gasteiger partial charge is 0.261 e. The van der Waals surface area contributed by atoms with Gasteiger partial charge in [-0.15, -0.1) is 0 Å². The Labute approximate surface area is 154 Å². The van der Waals surface area contributed by atoms with E-state index in [1.807, 2.05) is 26.8 Å². The molecule has 2 aromatic rings. The minimum Gasteiger partial charge on any atom is -0.484 e. The van der Waals surface area contributed by atoms with Crippen molar-refractivity contribution in [2.75, 3.05) is 11.3 Å². The number of nitrogens with one attached hydrogen (secondary N) is 2. The van der Waals surface area contributed by atoms with Crippen LogP contribution in [0.4, 0.5) is 5.69 Å². The summed E-state index contributed by atoms with van der Waals surface area (Å²) in [6.45, 7) is 5.67. The molecule has 26 heavy (non-hydrogen) atoms. The van der Waals surface area contributed by atoms with Crippen LogP contribution >= 0.6 is 0 Å². The maximum absolute atomic E-state index is 12.4. The van der Waals surface area contributed by atoms with Crippen molar-refractivity contribution in [3.8, 4) is 5.75 Å². The number of rotatable bonds is 8. The molecule has 6 nitrogen and oxygen atoms in total. The molecule has 0 saturated heterocycles. The predicted octanol–water partition coefficient (Wildman–Crippen LogP) is 3.09. The van der Waals surface area contributed by atoms with Gasteiger partial charge in [0.25, 0.3) is 15.9 Å². The molecule has 1 amide bonds. The number of hydrogen-bond acceptors (Lipinski definition) is 4. The third kappa shape index (κ3) is 5.77. The lowest BCUT2D eigenvalue weighted by atomic mass is 10.2. The molecule has 140 valence electrons. The Kier molecular flexibility index (Phi) is 6.63. The Morgan fingerprint density at radius 2 is 1.85 bits per heavy atom. The van der Waals surface area contributed by atoms with E-state index in [1.54, 1.807) is 18.2 Å². The second-order valence-electron chi connectivity index (χ2n) is 6.11. The molecule has 7 heteroatoms. The summed E-state index contributed by atoms with van der Waals surface area (Å²) in [5, 5.41) is 2.80. The van der Waals surface area contributed by atoms with Crippen LogP contribution in [0.5, 0.6) is 5.75 Å². The summed E-state index contributed by atoms with van der Waals surface area (Å²) in [7, 11) is -3.68. The van der Waals surface area contributed by atoms with E-state index in [2.05, 4.69) is 10.0 Å². The van der Waals surface area contributed by atoms with Gasteiger partial charge in [-0.2, -0.15) is 0 Å². The number of aryl methyl sites for hydroxylation is 1. The van der Waals surface area contributed by atoms with Gasteiger partial charge in [-0.25, -0.2) is 8.42 Å². The summed E-state index contributed by atoms with van der Waals surface area (Å²) in [6, 6.07) is 13.2. The zero-order valence-corrected chi connectivity index (χ0v) is 16.0. The summed E-state index contributed by atoms with van der Waals surface area (Å²) in [6.07, 6.45) is 0.840. The molecule has 0 aliphatic heterocycles. The Hall–Kier alpha value is -2.54. The highest BCUT2D eigenvalue weighted by Crippen LogP contribution is 2.19. The Balaban J connectivity index is 1.98. The van der Waals surface area contributed by atoms with Crippen molar-refractivity contribution in [3.63, 3.8) is 0 Å². The molecule has 0 aliphatic rings. The molecule has 0 fully saturated rings. The highest BCUT2D eigenvalue weighted by Gasteiger charge is 2.14. The SMILES string of the molecule is CC[C@@H](C)NC(=O)COc1ccc(S(=O)(=O)Nc2cccc(C)c2)cc1. The highest BCUT2D eigenvalue weighted by atomic mass is 32.2. The molecule has 0 spiro atoms. The molecule has 2 aromatic carbocycles. The van der Waals surface area contributed by atoms with Gasteiger partial charge in [-0.05, 0) is 62.2 Å².